The van der Waals surface area contributed by atoms with Crippen LogP contribution in [-0.2, 0) is 9.53 Å². The van der Waals surface area contributed by atoms with Gasteiger partial charge in [-0.2, -0.15) is 11.8 Å². The molecule has 0 rings (SSSR count). The Hall–Kier alpha value is -0.180. The molecule has 114 valence electrons. The van der Waals surface area contributed by atoms with Gasteiger partial charge in [-0.1, -0.05) is 45.4 Å². The highest BCUT2D eigenvalue weighted by Gasteiger charge is 2.00. The van der Waals surface area contributed by atoms with Crippen molar-refractivity contribution in [3.63, 3.8) is 0 Å². The molecule has 0 radical (unpaired) electrons. The van der Waals surface area contributed by atoms with Crippen molar-refractivity contribution >= 4 is 17.7 Å². The first-order valence-electron chi connectivity index (χ1n) is 8.04. The van der Waals surface area contributed by atoms with Gasteiger partial charge in [0.15, 0.2) is 0 Å². The largest absolute Gasteiger partial charge is 0.466 e. The van der Waals surface area contributed by atoms with E-state index < -0.39 is 0 Å². The molecule has 19 heavy (non-hydrogen) atoms. The highest BCUT2D eigenvalue weighted by atomic mass is 32.2. The SMILES string of the molecule is CCCCCCCCSCCCCCC(=O)OCC. The highest BCUT2D eigenvalue weighted by molar-refractivity contribution is 7.99. The Morgan fingerprint density at radius 1 is 0.842 bits per heavy atom. The zero-order chi connectivity index (χ0) is 14.2. The summed E-state index contributed by atoms with van der Waals surface area (Å²) in [5, 5.41) is 0. The lowest BCUT2D eigenvalue weighted by molar-refractivity contribution is -0.143. The summed E-state index contributed by atoms with van der Waals surface area (Å²) < 4.78 is 4.90. The maximum Gasteiger partial charge on any atom is 0.305 e. The first kappa shape index (κ1) is 18.8. The third-order valence-corrected chi connectivity index (χ3v) is 4.27. The summed E-state index contributed by atoms with van der Waals surface area (Å²) in [5.74, 6) is 2.52. The van der Waals surface area contributed by atoms with Gasteiger partial charge in [-0.15, -0.1) is 0 Å². The molecular formula is C16H32O2S. The number of carbonyl (C=O) groups is 1. The third-order valence-electron chi connectivity index (χ3n) is 3.12. The molecule has 0 unspecified atom stereocenters. The zero-order valence-corrected chi connectivity index (χ0v) is 13.7. The Morgan fingerprint density at radius 2 is 1.42 bits per heavy atom. The van der Waals surface area contributed by atoms with E-state index in [2.05, 4.69) is 18.7 Å². The summed E-state index contributed by atoms with van der Waals surface area (Å²) >= 11 is 2.07. The molecule has 0 amide bonds. The van der Waals surface area contributed by atoms with Crippen LogP contribution >= 0.6 is 11.8 Å². The number of carbonyl (C=O) groups excluding carboxylic acids is 1. The minimum atomic E-state index is -0.0396. The molecule has 0 fully saturated rings. The fourth-order valence-corrected chi connectivity index (χ4v) is 2.99. The van der Waals surface area contributed by atoms with Gasteiger partial charge in [-0.25, -0.2) is 0 Å². The molecule has 0 aliphatic carbocycles. The van der Waals surface area contributed by atoms with Gasteiger partial charge in [0.1, 0.15) is 0 Å². The third kappa shape index (κ3) is 15.8. The molecule has 0 aromatic heterocycles. The minimum Gasteiger partial charge on any atom is -0.466 e. The van der Waals surface area contributed by atoms with Crippen molar-refractivity contribution in [3.05, 3.63) is 0 Å². The number of esters is 1. The van der Waals surface area contributed by atoms with Gasteiger partial charge in [-0.3, -0.25) is 4.79 Å². The molecule has 0 saturated carbocycles. The maximum atomic E-state index is 11.1. The number of hydrogen-bond acceptors (Lipinski definition) is 3. The fourth-order valence-electron chi connectivity index (χ4n) is 1.97. The van der Waals surface area contributed by atoms with Crippen molar-refractivity contribution in [2.45, 2.75) is 78.1 Å². The van der Waals surface area contributed by atoms with Crippen LogP contribution in [0.15, 0.2) is 0 Å². The van der Waals surface area contributed by atoms with Gasteiger partial charge in [0.05, 0.1) is 6.61 Å². The molecule has 0 saturated heterocycles. The molecule has 0 atom stereocenters. The lowest BCUT2D eigenvalue weighted by Crippen LogP contribution is -2.03. The Labute approximate surface area is 124 Å². The van der Waals surface area contributed by atoms with E-state index in [9.17, 15) is 4.79 Å². The first-order chi connectivity index (χ1) is 9.31. The number of thioether (sulfide) groups is 1. The summed E-state index contributed by atoms with van der Waals surface area (Å²) in [4.78, 5) is 11.1. The van der Waals surface area contributed by atoms with E-state index >= 15 is 0 Å². The van der Waals surface area contributed by atoms with E-state index in [0.29, 0.717) is 13.0 Å². The van der Waals surface area contributed by atoms with E-state index in [0.717, 1.165) is 12.8 Å². The number of rotatable bonds is 14. The average Bonchev–Trinajstić information content (AvgIpc) is 2.40. The summed E-state index contributed by atoms with van der Waals surface area (Å²) in [7, 11) is 0. The summed E-state index contributed by atoms with van der Waals surface area (Å²) in [5.41, 5.74) is 0. The van der Waals surface area contributed by atoms with Crippen molar-refractivity contribution in [2.75, 3.05) is 18.1 Å². The molecule has 0 spiro atoms. The van der Waals surface area contributed by atoms with E-state index in [-0.39, 0.29) is 5.97 Å². The van der Waals surface area contributed by atoms with Crippen LogP contribution in [-0.4, -0.2) is 24.1 Å². The Balaban J connectivity index is 3.01. The molecule has 0 aromatic carbocycles. The van der Waals surface area contributed by atoms with Gasteiger partial charge in [0.25, 0.3) is 0 Å². The van der Waals surface area contributed by atoms with Gasteiger partial charge in [0, 0.05) is 6.42 Å². The number of hydrogen-bond donors (Lipinski definition) is 0. The molecule has 3 heteroatoms. The second kappa shape index (κ2) is 15.9. The van der Waals surface area contributed by atoms with Crippen LogP contribution in [0, 0.1) is 0 Å². The van der Waals surface area contributed by atoms with Crippen molar-refractivity contribution in [1.82, 2.24) is 0 Å². The van der Waals surface area contributed by atoms with Crippen molar-refractivity contribution in [1.29, 1.82) is 0 Å². The summed E-state index contributed by atoms with van der Waals surface area (Å²) in [6.45, 7) is 4.63. The first-order valence-corrected chi connectivity index (χ1v) is 9.20. The van der Waals surface area contributed by atoms with E-state index in [1.165, 1.54) is 56.5 Å². The van der Waals surface area contributed by atoms with E-state index in [4.69, 9.17) is 4.74 Å². The predicted octanol–water partition coefficient (Wildman–Crippen LogP) is 5.20. The lowest BCUT2D eigenvalue weighted by atomic mass is 10.1. The lowest BCUT2D eigenvalue weighted by Gasteiger charge is -2.03. The summed E-state index contributed by atoms with van der Waals surface area (Å²) in [6, 6.07) is 0. The van der Waals surface area contributed by atoms with Gasteiger partial charge < -0.3 is 4.74 Å². The second-order valence-electron chi connectivity index (χ2n) is 5.00. The molecule has 0 aliphatic rings. The van der Waals surface area contributed by atoms with Gasteiger partial charge in [-0.05, 0) is 37.7 Å². The monoisotopic (exact) mass is 288 g/mol. The molecule has 0 N–H and O–H groups in total. The van der Waals surface area contributed by atoms with Crippen LogP contribution in [0.1, 0.15) is 78.1 Å². The molecule has 0 aromatic rings. The maximum absolute atomic E-state index is 11.1. The topological polar surface area (TPSA) is 26.3 Å². The predicted molar refractivity (Wildman–Crippen MR) is 85.8 cm³/mol. The normalized spacial score (nSPS) is 10.6. The molecular weight excluding hydrogens is 256 g/mol. The van der Waals surface area contributed by atoms with Crippen LogP contribution in [0.4, 0.5) is 0 Å². The smallest absolute Gasteiger partial charge is 0.305 e. The molecule has 0 bridgehead atoms. The molecule has 2 nitrogen and oxygen atoms in total. The van der Waals surface area contributed by atoms with Crippen LogP contribution in [0.2, 0.25) is 0 Å². The Kier molecular flexibility index (Phi) is 15.7. The van der Waals surface area contributed by atoms with Gasteiger partial charge >= 0.3 is 5.97 Å². The Morgan fingerprint density at radius 3 is 2.05 bits per heavy atom. The fraction of sp³-hybridized carbons (Fsp3) is 0.938. The van der Waals surface area contributed by atoms with Gasteiger partial charge in [0.2, 0.25) is 0 Å². The van der Waals surface area contributed by atoms with Crippen LogP contribution < -0.4 is 0 Å². The van der Waals surface area contributed by atoms with Crippen molar-refractivity contribution in [3.8, 4) is 0 Å². The van der Waals surface area contributed by atoms with E-state index in [1.807, 2.05) is 6.92 Å². The Bertz CT molecular complexity index is 195. The number of unbranched alkanes of at least 4 members (excludes halogenated alkanes) is 7. The standard InChI is InChI=1S/C16H32O2S/c1-3-5-6-7-8-11-14-19-15-12-9-10-13-16(17)18-4-2/h3-15H2,1-2H3. The summed E-state index contributed by atoms with van der Waals surface area (Å²) in [6.07, 6.45) is 12.3. The van der Waals surface area contributed by atoms with Crippen LogP contribution in [0.3, 0.4) is 0 Å². The van der Waals surface area contributed by atoms with E-state index in [1.54, 1.807) is 0 Å². The average molecular weight is 288 g/mol. The second-order valence-corrected chi connectivity index (χ2v) is 6.22. The van der Waals surface area contributed by atoms with Crippen LogP contribution in [0.5, 0.6) is 0 Å². The van der Waals surface area contributed by atoms with Crippen molar-refractivity contribution in [2.24, 2.45) is 0 Å². The molecule has 0 aliphatic heterocycles. The van der Waals surface area contributed by atoms with Crippen LogP contribution in [0.25, 0.3) is 0 Å². The number of ether oxygens (including phenoxy) is 1. The quantitative estimate of drug-likeness (QED) is 0.324. The van der Waals surface area contributed by atoms with Crippen molar-refractivity contribution < 1.29 is 9.53 Å². The highest BCUT2D eigenvalue weighted by Crippen LogP contribution is 2.12. The minimum absolute atomic E-state index is 0.0396. The zero-order valence-electron chi connectivity index (χ0n) is 12.9. The molecule has 0 heterocycles.